The standard InChI is InChI=1S/C14H15N7O2S/c1-7-3-10(20-18-7)12(22)15-5-9-6-24-14(16-9)17-13(23)11-4-8(2)19-21-11/h3-4,6H,5H2,1-2H3,(H,15,22)(H,18,20)(H,19,21)(H,16,17,23). The van der Waals surface area contributed by atoms with E-state index in [1.807, 2.05) is 13.8 Å². The minimum atomic E-state index is -0.337. The summed E-state index contributed by atoms with van der Waals surface area (Å²) in [5, 5.41) is 20.8. The zero-order valence-electron chi connectivity index (χ0n) is 13.0. The Balaban J connectivity index is 1.55. The van der Waals surface area contributed by atoms with Crippen LogP contribution in [0.2, 0.25) is 0 Å². The molecule has 0 aliphatic rings. The third kappa shape index (κ3) is 3.66. The monoisotopic (exact) mass is 345 g/mol. The SMILES string of the molecule is Cc1cc(C(=O)NCc2csc(NC(=O)c3cc(C)[nH]n3)n2)n[nH]1. The second-order valence-electron chi connectivity index (χ2n) is 5.15. The van der Waals surface area contributed by atoms with Gasteiger partial charge in [-0.25, -0.2) is 4.98 Å². The number of hydrogen-bond donors (Lipinski definition) is 4. The molecule has 3 aromatic rings. The number of carbonyl (C=O) groups is 2. The zero-order chi connectivity index (χ0) is 17.1. The Labute approximate surface area is 140 Å². The maximum atomic E-state index is 12.0. The van der Waals surface area contributed by atoms with Crippen LogP contribution in [0.4, 0.5) is 5.13 Å². The van der Waals surface area contributed by atoms with Gasteiger partial charge in [0.25, 0.3) is 11.8 Å². The number of hydrogen-bond acceptors (Lipinski definition) is 6. The fraction of sp³-hybridized carbons (Fsp3) is 0.214. The van der Waals surface area contributed by atoms with Crippen LogP contribution in [-0.4, -0.2) is 37.2 Å². The van der Waals surface area contributed by atoms with Crippen molar-refractivity contribution in [3.8, 4) is 0 Å². The van der Waals surface area contributed by atoms with Gasteiger partial charge < -0.3 is 5.32 Å². The Kier molecular flexibility index (Phi) is 4.38. The van der Waals surface area contributed by atoms with E-state index in [4.69, 9.17) is 0 Å². The molecule has 24 heavy (non-hydrogen) atoms. The van der Waals surface area contributed by atoms with Crippen LogP contribution in [0.3, 0.4) is 0 Å². The Morgan fingerprint density at radius 1 is 1.08 bits per heavy atom. The molecule has 0 saturated heterocycles. The number of rotatable bonds is 5. The molecule has 4 N–H and O–H groups in total. The summed E-state index contributed by atoms with van der Waals surface area (Å²) in [5.41, 5.74) is 2.88. The fourth-order valence-electron chi connectivity index (χ4n) is 1.94. The molecule has 124 valence electrons. The number of amides is 2. The number of thiazole rings is 1. The molecule has 0 spiro atoms. The minimum Gasteiger partial charge on any atom is -0.345 e. The molecule has 0 aromatic carbocycles. The molecule has 0 atom stereocenters. The smallest absolute Gasteiger partial charge is 0.277 e. The van der Waals surface area contributed by atoms with E-state index >= 15 is 0 Å². The maximum Gasteiger partial charge on any atom is 0.277 e. The Morgan fingerprint density at radius 3 is 2.29 bits per heavy atom. The van der Waals surface area contributed by atoms with Gasteiger partial charge in [0.05, 0.1) is 12.2 Å². The number of carbonyl (C=O) groups excluding carboxylic acids is 2. The molecule has 0 radical (unpaired) electrons. The van der Waals surface area contributed by atoms with Gasteiger partial charge in [-0.05, 0) is 26.0 Å². The topological polar surface area (TPSA) is 128 Å². The molecule has 3 aromatic heterocycles. The van der Waals surface area contributed by atoms with E-state index < -0.39 is 0 Å². The molecule has 0 saturated carbocycles. The zero-order valence-corrected chi connectivity index (χ0v) is 13.8. The van der Waals surface area contributed by atoms with E-state index in [0.29, 0.717) is 22.2 Å². The molecule has 0 aliphatic carbocycles. The number of nitrogens with zero attached hydrogens (tertiary/aromatic N) is 3. The number of H-pyrrole nitrogens is 2. The summed E-state index contributed by atoms with van der Waals surface area (Å²) in [7, 11) is 0. The number of anilines is 1. The van der Waals surface area contributed by atoms with Gasteiger partial charge in [0.2, 0.25) is 0 Å². The van der Waals surface area contributed by atoms with Crippen molar-refractivity contribution < 1.29 is 9.59 Å². The highest BCUT2D eigenvalue weighted by Gasteiger charge is 2.13. The average Bonchev–Trinajstić information content (AvgIpc) is 3.26. The Hall–Kier alpha value is -3.01. The van der Waals surface area contributed by atoms with Crippen LogP contribution in [0.1, 0.15) is 38.1 Å². The molecule has 3 heterocycles. The summed E-state index contributed by atoms with van der Waals surface area (Å²) >= 11 is 1.28. The van der Waals surface area contributed by atoms with Gasteiger partial charge in [-0.2, -0.15) is 10.2 Å². The summed E-state index contributed by atoms with van der Waals surface area (Å²) in [4.78, 5) is 28.1. The second-order valence-corrected chi connectivity index (χ2v) is 6.01. The van der Waals surface area contributed by atoms with Gasteiger partial charge in [-0.3, -0.25) is 25.1 Å². The predicted molar refractivity (Wildman–Crippen MR) is 87.9 cm³/mol. The lowest BCUT2D eigenvalue weighted by atomic mass is 10.3. The lowest BCUT2D eigenvalue weighted by molar-refractivity contribution is 0.0944. The molecule has 3 rings (SSSR count). The molecular weight excluding hydrogens is 330 g/mol. The van der Waals surface area contributed by atoms with E-state index in [2.05, 4.69) is 36.0 Å². The first kappa shape index (κ1) is 15.9. The highest BCUT2D eigenvalue weighted by Crippen LogP contribution is 2.16. The summed E-state index contributed by atoms with van der Waals surface area (Å²) in [5.74, 6) is -0.624. The van der Waals surface area contributed by atoms with Crippen molar-refractivity contribution in [2.75, 3.05) is 5.32 Å². The van der Waals surface area contributed by atoms with Crippen LogP contribution in [0.15, 0.2) is 17.5 Å². The molecule has 0 fully saturated rings. The van der Waals surface area contributed by atoms with Crippen molar-refractivity contribution in [1.82, 2.24) is 30.7 Å². The van der Waals surface area contributed by atoms with Crippen molar-refractivity contribution in [2.24, 2.45) is 0 Å². The first-order valence-electron chi connectivity index (χ1n) is 7.09. The van der Waals surface area contributed by atoms with Crippen LogP contribution in [0.25, 0.3) is 0 Å². The van der Waals surface area contributed by atoms with Gasteiger partial charge in [-0.15, -0.1) is 11.3 Å². The molecule has 2 amide bonds. The number of nitrogens with one attached hydrogen (secondary N) is 4. The fourth-order valence-corrected chi connectivity index (χ4v) is 2.64. The third-order valence-corrected chi connectivity index (χ3v) is 3.89. The molecule has 0 aliphatic heterocycles. The molecule has 9 nitrogen and oxygen atoms in total. The normalized spacial score (nSPS) is 10.6. The molecular formula is C14H15N7O2S. The van der Waals surface area contributed by atoms with Crippen LogP contribution in [0.5, 0.6) is 0 Å². The van der Waals surface area contributed by atoms with Crippen LogP contribution in [0, 0.1) is 13.8 Å². The van der Waals surface area contributed by atoms with Crippen molar-refractivity contribution >= 4 is 28.3 Å². The first-order chi connectivity index (χ1) is 11.5. The van der Waals surface area contributed by atoms with E-state index in [0.717, 1.165) is 11.4 Å². The minimum absolute atomic E-state index is 0.249. The molecule has 0 bridgehead atoms. The Bertz CT molecular complexity index is 879. The van der Waals surface area contributed by atoms with Crippen LogP contribution >= 0.6 is 11.3 Å². The van der Waals surface area contributed by atoms with Gasteiger partial charge in [-0.1, -0.05) is 0 Å². The van der Waals surface area contributed by atoms with Crippen LogP contribution < -0.4 is 10.6 Å². The van der Waals surface area contributed by atoms with Crippen molar-refractivity contribution in [1.29, 1.82) is 0 Å². The highest BCUT2D eigenvalue weighted by molar-refractivity contribution is 7.13. The van der Waals surface area contributed by atoms with Gasteiger partial charge >= 0.3 is 0 Å². The number of aryl methyl sites for hydroxylation is 2. The quantitative estimate of drug-likeness (QED) is 0.555. The van der Waals surface area contributed by atoms with Crippen molar-refractivity contribution in [3.63, 3.8) is 0 Å². The maximum absolute atomic E-state index is 12.0. The first-order valence-corrected chi connectivity index (χ1v) is 7.97. The van der Waals surface area contributed by atoms with Crippen molar-refractivity contribution in [2.45, 2.75) is 20.4 Å². The predicted octanol–water partition coefficient (Wildman–Crippen LogP) is 1.39. The van der Waals surface area contributed by atoms with E-state index in [1.54, 1.807) is 17.5 Å². The van der Waals surface area contributed by atoms with Gasteiger partial charge in [0.15, 0.2) is 10.8 Å². The lowest BCUT2D eigenvalue weighted by Crippen LogP contribution is -2.23. The summed E-state index contributed by atoms with van der Waals surface area (Å²) in [6.45, 7) is 3.88. The average molecular weight is 345 g/mol. The van der Waals surface area contributed by atoms with E-state index in [-0.39, 0.29) is 18.4 Å². The second kappa shape index (κ2) is 6.62. The number of aromatic amines is 2. The van der Waals surface area contributed by atoms with E-state index in [9.17, 15) is 9.59 Å². The van der Waals surface area contributed by atoms with Gasteiger partial charge in [0, 0.05) is 16.8 Å². The lowest BCUT2D eigenvalue weighted by Gasteiger charge is -2.00. The summed E-state index contributed by atoms with van der Waals surface area (Å²) in [6, 6.07) is 3.31. The van der Waals surface area contributed by atoms with Crippen molar-refractivity contribution in [3.05, 3.63) is 46.0 Å². The highest BCUT2D eigenvalue weighted by atomic mass is 32.1. The van der Waals surface area contributed by atoms with Gasteiger partial charge in [0.1, 0.15) is 5.69 Å². The summed E-state index contributed by atoms with van der Waals surface area (Å²) in [6.07, 6.45) is 0. The van der Waals surface area contributed by atoms with E-state index in [1.165, 1.54) is 11.3 Å². The Morgan fingerprint density at radius 2 is 1.71 bits per heavy atom. The molecule has 10 heteroatoms. The largest absolute Gasteiger partial charge is 0.345 e. The molecule has 0 unspecified atom stereocenters. The third-order valence-electron chi connectivity index (χ3n) is 3.08. The van der Waals surface area contributed by atoms with Crippen LogP contribution in [-0.2, 0) is 6.54 Å². The number of aromatic nitrogens is 5. The summed E-state index contributed by atoms with van der Waals surface area (Å²) < 4.78 is 0.